The monoisotopic (exact) mass is 459 g/mol. The summed E-state index contributed by atoms with van der Waals surface area (Å²) in [6.45, 7) is 0. The number of anilines is 2. The van der Waals surface area contributed by atoms with E-state index in [1.807, 2.05) is 6.07 Å². The van der Waals surface area contributed by atoms with Crippen LogP contribution in [0.4, 0.5) is 11.4 Å². The van der Waals surface area contributed by atoms with Crippen molar-refractivity contribution in [1.82, 2.24) is 0 Å². The molecule has 1 fully saturated rings. The summed E-state index contributed by atoms with van der Waals surface area (Å²) >= 11 is 6.91. The van der Waals surface area contributed by atoms with Crippen LogP contribution in [-0.2, 0) is 5.41 Å². The van der Waals surface area contributed by atoms with Gasteiger partial charge in [0.1, 0.15) is 0 Å². The van der Waals surface area contributed by atoms with Crippen molar-refractivity contribution in [3.05, 3.63) is 107 Å². The lowest BCUT2D eigenvalue weighted by Gasteiger charge is -2.36. The average molecular weight is 460 g/mol. The molecular formula is C32H26ClN. The number of nitrogens with one attached hydrogen (secondary N) is 1. The molecule has 2 aliphatic carbocycles. The Morgan fingerprint density at radius 3 is 2.18 bits per heavy atom. The van der Waals surface area contributed by atoms with E-state index in [2.05, 4.69) is 90.2 Å². The molecular weight excluding hydrogens is 434 g/mol. The first-order valence-electron chi connectivity index (χ1n) is 12.4. The van der Waals surface area contributed by atoms with Gasteiger partial charge in [0, 0.05) is 21.9 Å². The Bertz CT molecular complexity index is 1580. The van der Waals surface area contributed by atoms with Gasteiger partial charge in [-0.2, -0.15) is 0 Å². The van der Waals surface area contributed by atoms with Gasteiger partial charge in [-0.05, 0) is 58.0 Å². The smallest absolute Gasteiger partial charge is 0.0719 e. The first-order valence-corrected chi connectivity index (χ1v) is 12.7. The zero-order chi connectivity index (χ0) is 22.7. The minimum absolute atomic E-state index is 0.123. The highest BCUT2D eigenvalue weighted by Gasteiger charge is 2.44. The fourth-order valence-electron chi connectivity index (χ4n) is 6.58. The van der Waals surface area contributed by atoms with Crippen molar-refractivity contribution in [3.63, 3.8) is 0 Å². The summed E-state index contributed by atoms with van der Waals surface area (Å²) < 4.78 is 0. The Labute approximate surface area is 205 Å². The van der Waals surface area contributed by atoms with Crippen LogP contribution in [-0.4, -0.2) is 0 Å². The van der Waals surface area contributed by atoms with Gasteiger partial charge >= 0.3 is 0 Å². The predicted molar refractivity (Wildman–Crippen MR) is 145 cm³/mol. The standard InChI is InChI=1S/C32H26ClN/c33-31-22-11-3-2-10-21(22)16-17-28(31)34-29-20-27-30(24-13-5-4-12-23(24)29)25-14-6-7-15-26(25)32(27)18-8-1-9-19-32/h2-7,10-17,20,34H,1,8-9,18-19H2. The zero-order valence-corrected chi connectivity index (χ0v) is 19.8. The number of fused-ring (bicyclic) bond motifs is 8. The van der Waals surface area contributed by atoms with Crippen LogP contribution in [0.25, 0.3) is 32.7 Å². The molecule has 0 aromatic heterocycles. The van der Waals surface area contributed by atoms with Crippen molar-refractivity contribution in [2.24, 2.45) is 0 Å². The van der Waals surface area contributed by atoms with Gasteiger partial charge in [0.25, 0.3) is 0 Å². The fraction of sp³-hybridized carbons (Fsp3) is 0.188. The maximum atomic E-state index is 6.91. The van der Waals surface area contributed by atoms with Gasteiger partial charge < -0.3 is 5.32 Å². The lowest BCUT2D eigenvalue weighted by atomic mass is 9.67. The second kappa shape index (κ2) is 7.61. The molecule has 5 aromatic carbocycles. The Kier molecular flexibility index (Phi) is 4.50. The zero-order valence-electron chi connectivity index (χ0n) is 19.1. The highest BCUT2D eigenvalue weighted by molar-refractivity contribution is 6.38. The second-order valence-electron chi connectivity index (χ2n) is 9.85. The lowest BCUT2D eigenvalue weighted by molar-refractivity contribution is 0.353. The Balaban J connectivity index is 1.48. The number of halogens is 1. The van der Waals surface area contributed by atoms with E-state index >= 15 is 0 Å². The molecule has 166 valence electrons. The molecule has 2 heteroatoms. The number of hydrogen-bond acceptors (Lipinski definition) is 1. The van der Waals surface area contributed by atoms with E-state index in [4.69, 9.17) is 11.6 Å². The Hall–Kier alpha value is -3.29. The number of hydrogen-bond donors (Lipinski definition) is 1. The molecule has 0 heterocycles. The third-order valence-corrected chi connectivity index (χ3v) is 8.52. The van der Waals surface area contributed by atoms with Gasteiger partial charge in [-0.15, -0.1) is 0 Å². The van der Waals surface area contributed by atoms with Crippen molar-refractivity contribution in [2.75, 3.05) is 5.32 Å². The summed E-state index contributed by atoms with van der Waals surface area (Å²) in [4.78, 5) is 0. The molecule has 0 amide bonds. The topological polar surface area (TPSA) is 12.0 Å². The van der Waals surface area contributed by atoms with E-state index < -0.39 is 0 Å². The molecule has 1 saturated carbocycles. The van der Waals surface area contributed by atoms with Crippen molar-refractivity contribution >= 4 is 44.5 Å². The van der Waals surface area contributed by atoms with E-state index in [0.29, 0.717) is 0 Å². The third-order valence-electron chi connectivity index (χ3n) is 8.11. The molecule has 0 atom stereocenters. The molecule has 1 nitrogen and oxygen atoms in total. The van der Waals surface area contributed by atoms with Gasteiger partial charge in [0.05, 0.1) is 10.7 Å². The molecule has 0 unspecified atom stereocenters. The van der Waals surface area contributed by atoms with Crippen molar-refractivity contribution in [3.8, 4) is 11.1 Å². The van der Waals surface area contributed by atoms with Gasteiger partial charge in [-0.25, -0.2) is 0 Å². The quantitative estimate of drug-likeness (QED) is 0.277. The molecule has 1 N–H and O–H groups in total. The van der Waals surface area contributed by atoms with Crippen molar-refractivity contribution < 1.29 is 0 Å². The van der Waals surface area contributed by atoms with Gasteiger partial charge in [-0.1, -0.05) is 110 Å². The Morgan fingerprint density at radius 2 is 1.32 bits per heavy atom. The Morgan fingerprint density at radius 1 is 0.618 bits per heavy atom. The summed E-state index contributed by atoms with van der Waals surface area (Å²) in [5, 5.41) is 9.34. The first kappa shape index (κ1) is 20.1. The highest BCUT2D eigenvalue weighted by atomic mass is 35.5. The SMILES string of the molecule is Clc1c(Nc2cc3c(c4ccccc24)-c2ccccc2C32CCCCC2)ccc2ccccc12. The maximum absolute atomic E-state index is 6.91. The van der Waals surface area contributed by atoms with Crippen LogP contribution >= 0.6 is 11.6 Å². The lowest BCUT2D eigenvalue weighted by Crippen LogP contribution is -2.28. The summed E-state index contributed by atoms with van der Waals surface area (Å²) in [7, 11) is 0. The van der Waals surface area contributed by atoms with Crippen molar-refractivity contribution in [2.45, 2.75) is 37.5 Å². The maximum Gasteiger partial charge on any atom is 0.0719 e. The minimum atomic E-state index is 0.123. The summed E-state index contributed by atoms with van der Waals surface area (Å²) in [6.07, 6.45) is 6.38. The van der Waals surface area contributed by atoms with Crippen LogP contribution in [0.15, 0.2) is 91.0 Å². The minimum Gasteiger partial charge on any atom is -0.354 e. The highest BCUT2D eigenvalue weighted by Crippen LogP contribution is 2.58. The van der Waals surface area contributed by atoms with E-state index in [9.17, 15) is 0 Å². The molecule has 2 aliphatic rings. The van der Waals surface area contributed by atoms with Gasteiger partial charge in [0.15, 0.2) is 0 Å². The predicted octanol–water partition coefficient (Wildman–Crippen LogP) is 9.62. The summed E-state index contributed by atoms with van der Waals surface area (Å²) in [5.41, 5.74) is 8.09. The van der Waals surface area contributed by atoms with Gasteiger partial charge in [-0.3, -0.25) is 0 Å². The van der Waals surface area contributed by atoms with Crippen LogP contribution < -0.4 is 5.32 Å². The van der Waals surface area contributed by atoms with E-state index in [1.54, 1.807) is 0 Å². The number of rotatable bonds is 2. The number of benzene rings is 5. The van der Waals surface area contributed by atoms with E-state index in [0.717, 1.165) is 27.2 Å². The second-order valence-corrected chi connectivity index (χ2v) is 10.2. The van der Waals surface area contributed by atoms with Crippen LogP contribution in [0.5, 0.6) is 0 Å². The molecule has 0 bridgehead atoms. The molecule has 0 saturated heterocycles. The first-order chi connectivity index (χ1) is 16.8. The van der Waals surface area contributed by atoms with Crippen LogP contribution in [0.2, 0.25) is 5.02 Å². The van der Waals surface area contributed by atoms with Gasteiger partial charge in [0.2, 0.25) is 0 Å². The van der Waals surface area contributed by atoms with Crippen molar-refractivity contribution in [1.29, 1.82) is 0 Å². The van der Waals surface area contributed by atoms with E-state index in [1.165, 1.54) is 65.1 Å². The average Bonchev–Trinajstić information content (AvgIpc) is 3.15. The molecule has 0 aliphatic heterocycles. The third kappa shape index (κ3) is 2.80. The normalized spacial score (nSPS) is 16.0. The summed E-state index contributed by atoms with van der Waals surface area (Å²) in [5.74, 6) is 0. The molecule has 7 rings (SSSR count). The molecule has 0 radical (unpaired) electrons. The van der Waals surface area contributed by atoms with E-state index in [-0.39, 0.29) is 5.41 Å². The van der Waals surface area contributed by atoms with Crippen LogP contribution in [0.1, 0.15) is 43.2 Å². The molecule has 5 aromatic rings. The van der Waals surface area contributed by atoms with Crippen LogP contribution in [0, 0.1) is 0 Å². The molecule has 1 spiro atoms. The van der Waals surface area contributed by atoms with Crippen LogP contribution in [0.3, 0.4) is 0 Å². The largest absolute Gasteiger partial charge is 0.354 e. The summed E-state index contributed by atoms with van der Waals surface area (Å²) in [6, 6.07) is 33.0. The fourth-order valence-corrected chi connectivity index (χ4v) is 6.86. The molecule has 34 heavy (non-hydrogen) atoms.